The van der Waals surface area contributed by atoms with Crippen LogP contribution in [0, 0.1) is 5.92 Å². The van der Waals surface area contributed by atoms with Gasteiger partial charge >= 0.3 is 0 Å². The molecule has 0 saturated heterocycles. The second-order valence-corrected chi connectivity index (χ2v) is 8.45. The van der Waals surface area contributed by atoms with E-state index in [9.17, 15) is 4.79 Å². The van der Waals surface area contributed by atoms with E-state index in [1.807, 2.05) is 38.1 Å². The van der Waals surface area contributed by atoms with Crippen LogP contribution in [0.5, 0.6) is 0 Å². The van der Waals surface area contributed by atoms with Gasteiger partial charge in [-0.05, 0) is 50.1 Å². The molecule has 0 bridgehead atoms. The average molecular weight is 379 g/mol. The third kappa shape index (κ3) is 5.25. The number of fused-ring (bicyclic) bond motifs is 1. The van der Waals surface area contributed by atoms with E-state index in [-0.39, 0.29) is 17.2 Å². The Morgan fingerprint density at radius 3 is 2.57 bits per heavy atom. The fourth-order valence-corrected chi connectivity index (χ4v) is 3.23. The first-order valence-electron chi connectivity index (χ1n) is 10.1. The number of hydrogen-bond donors (Lipinski definition) is 2. The predicted octanol–water partition coefficient (Wildman–Crippen LogP) is 6.90. The highest BCUT2D eigenvalue weighted by atomic mass is 16.1. The summed E-state index contributed by atoms with van der Waals surface area (Å²) in [7, 11) is 0. The lowest BCUT2D eigenvalue weighted by molar-refractivity contribution is -0.118. The molecule has 3 nitrogen and oxygen atoms in total. The Morgan fingerprint density at radius 1 is 1.29 bits per heavy atom. The number of hydrogen-bond acceptors (Lipinski definition) is 1. The molecule has 1 atom stereocenters. The minimum Gasteiger partial charge on any atom is -0.358 e. The van der Waals surface area contributed by atoms with Crippen LogP contribution in [0.15, 0.2) is 60.2 Å². The number of anilines is 1. The van der Waals surface area contributed by atoms with E-state index in [2.05, 4.69) is 56.7 Å². The zero-order valence-corrected chi connectivity index (χ0v) is 18.1. The molecule has 150 valence electrons. The number of carbonyl (C=O) groups excluding carboxylic acids is 1. The van der Waals surface area contributed by atoms with E-state index in [0.717, 1.165) is 40.6 Å². The summed E-state index contributed by atoms with van der Waals surface area (Å²) in [6.45, 7) is 16.6. The molecule has 0 radical (unpaired) electrons. The molecule has 0 aliphatic rings. The SMILES string of the molecule is C=C/C(=C\C(C)=C/C)C(CCC)C(=O)Nc1ccc2[nH]c(C(C)(C)C)cc2c1. The molecule has 2 aromatic rings. The van der Waals surface area contributed by atoms with Gasteiger partial charge in [0.15, 0.2) is 0 Å². The van der Waals surface area contributed by atoms with Gasteiger partial charge in [0, 0.05) is 27.7 Å². The summed E-state index contributed by atoms with van der Waals surface area (Å²) in [5.41, 5.74) is 5.25. The molecule has 0 aliphatic carbocycles. The smallest absolute Gasteiger partial charge is 0.231 e. The quantitative estimate of drug-likeness (QED) is 0.506. The van der Waals surface area contributed by atoms with Gasteiger partial charge in [0.05, 0.1) is 5.92 Å². The molecule has 2 rings (SSSR count). The number of nitrogens with one attached hydrogen (secondary N) is 2. The molecule has 3 heteroatoms. The van der Waals surface area contributed by atoms with Gasteiger partial charge in [0.25, 0.3) is 0 Å². The summed E-state index contributed by atoms with van der Waals surface area (Å²) in [6.07, 6.45) is 7.62. The van der Waals surface area contributed by atoms with Gasteiger partial charge in [-0.2, -0.15) is 0 Å². The summed E-state index contributed by atoms with van der Waals surface area (Å²) < 4.78 is 0. The molecule has 0 fully saturated rings. The highest BCUT2D eigenvalue weighted by Crippen LogP contribution is 2.28. The minimum atomic E-state index is -0.204. The molecule has 28 heavy (non-hydrogen) atoms. The lowest BCUT2D eigenvalue weighted by atomic mass is 9.91. The highest BCUT2D eigenvalue weighted by Gasteiger charge is 2.21. The zero-order chi connectivity index (χ0) is 20.9. The first kappa shape index (κ1) is 21.7. The summed E-state index contributed by atoms with van der Waals surface area (Å²) >= 11 is 0. The molecule has 1 unspecified atom stereocenters. The van der Waals surface area contributed by atoms with E-state index in [4.69, 9.17) is 0 Å². The van der Waals surface area contributed by atoms with Gasteiger partial charge in [0.1, 0.15) is 0 Å². The Hall–Kier alpha value is -2.55. The van der Waals surface area contributed by atoms with E-state index in [0.29, 0.717) is 0 Å². The van der Waals surface area contributed by atoms with Crippen molar-refractivity contribution in [2.24, 2.45) is 5.92 Å². The van der Waals surface area contributed by atoms with Gasteiger partial charge in [-0.15, -0.1) is 0 Å². The van der Waals surface area contributed by atoms with Crippen LogP contribution >= 0.6 is 0 Å². The maximum absolute atomic E-state index is 13.0. The van der Waals surface area contributed by atoms with Crippen LogP contribution in [0.2, 0.25) is 0 Å². The van der Waals surface area contributed by atoms with E-state index >= 15 is 0 Å². The molecule has 2 N–H and O–H groups in total. The van der Waals surface area contributed by atoms with E-state index < -0.39 is 0 Å². The van der Waals surface area contributed by atoms with Crippen molar-refractivity contribution < 1.29 is 4.79 Å². The topological polar surface area (TPSA) is 44.9 Å². The van der Waals surface area contributed by atoms with Crippen molar-refractivity contribution in [3.63, 3.8) is 0 Å². The van der Waals surface area contributed by atoms with E-state index in [1.54, 1.807) is 6.08 Å². The maximum Gasteiger partial charge on any atom is 0.231 e. The van der Waals surface area contributed by atoms with Crippen LogP contribution in [-0.2, 0) is 10.2 Å². The van der Waals surface area contributed by atoms with Gasteiger partial charge in [-0.3, -0.25) is 4.79 Å². The Morgan fingerprint density at radius 2 is 2.00 bits per heavy atom. The standard InChI is InChI=1S/C25H34N2O/c1-8-11-21(18(10-3)14-17(4)9-2)24(28)26-20-12-13-22-19(15-20)16-23(27-22)25(5,6)7/h9-10,12-16,21,27H,3,8,11H2,1-2,4-7H3,(H,26,28)/b17-9-,18-14+. The fourth-order valence-electron chi connectivity index (χ4n) is 3.23. The van der Waals surface area contributed by atoms with Crippen molar-refractivity contribution in [2.45, 2.75) is 59.8 Å². The Labute approximate surface area is 169 Å². The molecule has 1 aromatic carbocycles. The predicted molar refractivity (Wildman–Crippen MR) is 122 cm³/mol. The molecule has 1 heterocycles. The Balaban J connectivity index is 2.29. The van der Waals surface area contributed by atoms with Crippen LogP contribution in [-0.4, -0.2) is 10.9 Å². The third-order valence-electron chi connectivity index (χ3n) is 5.08. The van der Waals surface area contributed by atoms with Crippen molar-refractivity contribution in [1.82, 2.24) is 4.98 Å². The highest BCUT2D eigenvalue weighted by molar-refractivity contribution is 5.97. The summed E-state index contributed by atoms with van der Waals surface area (Å²) in [4.78, 5) is 16.5. The summed E-state index contributed by atoms with van der Waals surface area (Å²) in [5.74, 6) is -0.188. The normalized spacial score (nSPS) is 14.2. The number of benzene rings is 1. The number of rotatable bonds is 7. The molecular formula is C25H34N2O. The first-order chi connectivity index (χ1) is 13.2. The van der Waals surface area contributed by atoms with Crippen molar-refractivity contribution in [3.8, 4) is 0 Å². The van der Waals surface area contributed by atoms with Crippen LogP contribution in [0.3, 0.4) is 0 Å². The summed E-state index contributed by atoms with van der Waals surface area (Å²) in [5, 5.41) is 4.22. The molecule has 0 spiro atoms. The van der Waals surface area contributed by atoms with Crippen LogP contribution in [0.1, 0.15) is 60.1 Å². The van der Waals surface area contributed by atoms with Crippen LogP contribution < -0.4 is 5.32 Å². The second-order valence-electron chi connectivity index (χ2n) is 8.45. The van der Waals surface area contributed by atoms with Crippen molar-refractivity contribution in [1.29, 1.82) is 0 Å². The van der Waals surface area contributed by atoms with Gasteiger partial charge in [-0.1, -0.05) is 64.5 Å². The largest absolute Gasteiger partial charge is 0.358 e. The van der Waals surface area contributed by atoms with E-state index in [1.165, 1.54) is 5.69 Å². The number of aromatic amines is 1. The number of aromatic nitrogens is 1. The molecule has 1 aromatic heterocycles. The Kier molecular flexibility index (Phi) is 7.06. The molecular weight excluding hydrogens is 344 g/mol. The number of allylic oxidation sites excluding steroid dienone is 4. The third-order valence-corrected chi connectivity index (χ3v) is 5.08. The molecule has 0 saturated carbocycles. The first-order valence-corrected chi connectivity index (χ1v) is 10.1. The lowest BCUT2D eigenvalue weighted by Crippen LogP contribution is -2.24. The maximum atomic E-state index is 13.0. The zero-order valence-electron chi connectivity index (χ0n) is 18.1. The van der Waals surface area contributed by atoms with Gasteiger partial charge in [0.2, 0.25) is 5.91 Å². The van der Waals surface area contributed by atoms with Crippen molar-refractivity contribution >= 4 is 22.5 Å². The minimum absolute atomic E-state index is 0.0165. The fraction of sp³-hybridized carbons (Fsp3) is 0.400. The van der Waals surface area contributed by atoms with Gasteiger partial charge < -0.3 is 10.3 Å². The number of amides is 1. The second kappa shape index (κ2) is 9.09. The molecule has 1 amide bonds. The lowest BCUT2D eigenvalue weighted by Gasteiger charge is -2.18. The van der Waals surface area contributed by atoms with Crippen LogP contribution in [0.4, 0.5) is 5.69 Å². The number of H-pyrrole nitrogens is 1. The number of carbonyl (C=O) groups is 1. The Bertz CT molecular complexity index is 906. The monoisotopic (exact) mass is 378 g/mol. The van der Waals surface area contributed by atoms with Gasteiger partial charge in [-0.25, -0.2) is 0 Å². The molecule has 0 aliphatic heterocycles. The average Bonchev–Trinajstić information content (AvgIpc) is 3.08. The van der Waals surface area contributed by atoms with Crippen molar-refractivity contribution in [3.05, 3.63) is 65.9 Å². The van der Waals surface area contributed by atoms with Crippen LogP contribution in [0.25, 0.3) is 10.9 Å². The summed E-state index contributed by atoms with van der Waals surface area (Å²) in [6, 6.07) is 8.19. The van der Waals surface area contributed by atoms with Crippen molar-refractivity contribution in [2.75, 3.05) is 5.32 Å².